The molecule has 3 aromatic rings. The van der Waals surface area contributed by atoms with Gasteiger partial charge in [0, 0.05) is 17.6 Å². The number of benzene rings is 2. The molecule has 0 saturated carbocycles. The minimum Gasteiger partial charge on any atom is -0.497 e. The fourth-order valence-corrected chi connectivity index (χ4v) is 2.22. The van der Waals surface area contributed by atoms with E-state index in [1.807, 2.05) is 48.6 Å². The maximum Gasteiger partial charge on any atom is 0.153 e. The van der Waals surface area contributed by atoms with Crippen LogP contribution in [0, 0.1) is 5.82 Å². The second-order valence-electron chi connectivity index (χ2n) is 4.65. The van der Waals surface area contributed by atoms with Gasteiger partial charge in [0.25, 0.3) is 0 Å². The molecule has 1 aromatic heterocycles. The topological polar surface area (TPSA) is 22.1 Å². The quantitative estimate of drug-likeness (QED) is 0.701. The standard InChI is InChI=1S/C18H14FNO/c1-21-15-11-16-14(8-7-13-5-3-2-4-6-13)9-10-20-18(16)17(19)12-15/h2-12H,1H3/b8-7+. The van der Waals surface area contributed by atoms with Gasteiger partial charge in [-0.1, -0.05) is 42.5 Å². The monoisotopic (exact) mass is 279 g/mol. The van der Waals surface area contributed by atoms with Crippen LogP contribution in [0.25, 0.3) is 23.1 Å². The van der Waals surface area contributed by atoms with Crippen molar-refractivity contribution in [3.05, 3.63) is 71.7 Å². The SMILES string of the molecule is COc1cc(F)c2nccc(/C=C/c3ccccc3)c2c1. The molecule has 0 bridgehead atoms. The number of hydrogen-bond donors (Lipinski definition) is 0. The second-order valence-corrected chi connectivity index (χ2v) is 4.65. The molecular formula is C18H14FNO. The molecule has 3 rings (SSSR count). The lowest BCUT2D eigenvalue weighted by atomic mass is 10.1. The summed E-state index contributed by atoms with van der Waals surface area (Å²) in [7, 11) is 1.52. The van der Waals surface area contributed by atoms with E-state index in [4.69, 9.17) is 4.74 Å². The smallest absolute Gasteiger partial charge is 0.153 e. The number of rotatable bonds is 3. The molecule has 2 nitrogen and oxygen atoms in total. The Balaban J connectivity index is 2.10. The van der Waals surface area contributed by atoms with Crippen molar-refractivity contribution >= 4 is 23.1 Å². The summed E-state index contributed by atoms with van der Waals surface area (Å²) in [5.41, 5.74) is 2.35. The summed E-state index contributed by atoms with van der Waals surface area (Å²) in [6.45, 7) is 0. The first-order chi connectivity index (χ1) is 10.3. The summed E-state index contributed by atoms with van der Waals surface area (Å²) in [6.07, 6.45) is 5.56. The van der Waals surface area contributed by atoms with Gasteiger partial charge in [0.2, 0.25) is 0 Å². The number of halogens is 1. The van der Waals surface area contributed by atoms with Crippen LogP contribution in [0.2, 0.25) is 0 Å². The highest BCUT2D eigenvalue weighted by molar-refractivity contribution is 5.91. The van der Waals surface area contributed by atoms with Crippen LogP contribution >= 0.6 is 0 Å². The summed E-state index contributed by atoms with van der Waals surface area (Å²) in [5.74, 6) is 0.113. The van der Waals surface area contributed by atoms with Crippen LogP contribution in [0.3, 0.4) is 0 Å². The molecule has 0 amide bonds. The zero-order chi connectivity index (χ0) is 14.7. The fourth-order valence-electron chi connectivity index (χ4n) is 2.22. The molecule has 0 spiro atoms. The lowest BCUT2D eigenvalue weighted by Crippen LogP contribution is -1.90. The van der Waals surface area contributed by atoms with Crippen molar-refractivity contribution in [2.24, 2.45) is 0 Å². The molecule has 2 aromatic carbocycles. The van der Waals surface area contributed by atoms with E-state index in [9.17, 15) is 4.39 Å². The van der Waals surface area contributed by atoms with Gasteiger partial charge in [-0.25, -0.2) is 4.39 Å². The molecule has 0 saturated heterocycles. The van der Waals surface area contributed by atoms with Crippen molar-refractivity contribution in [1.82, 2.24) is 4.98 Å². The molecule has 1 heterocycles. The molecule has 3 heteroatoms. The van der Waals surface area contributed by atoms with E-state index < -0.39 is 0 Å². The highest BCUT2D eigenvalue weighted by Crippen LogP contribution is 2.26. The van der Waals surface area contributed by atoms with E-state index in [-0.39, 0.29) is 5.82 Å². The van der Waals surface area contributed by atoms with Gasteiger partial charge in [0.1, 0.15) is 11.3 Å². The normalized spacial score (nSPS) is 11.1. The third kappa shape index (κ3) is 2.77. The number of fused-ring (bicyclic) bond motifs is 1. The molecule has 21 heavy (non-hydrogen) atoms. The lowest BCUT2D eigenvalue weighted by molar-refractivity contribution is 0.412. The van der Waals surface area contributed by atoms with Crippen molar-refractivity contribution < 1.29 is 9.13 Å². The van der Waals surface area contributed by atoms with E-state index in [2.05, 4.69) is 4.98 Å². The summed E-state index contributed by atoms with van der Waals surface area (Å²) >= 11 is 0. The first-order valence-corrected chi connectivity index (χ1v) is 6.63. The van der Waals surface area contributed by atoms with Crippen molar-refractivity contribution in [2.45, 2.75) is 0 Å². The Morgan fingerprint density at radius 1 is 1.05 bits per heavy atom. The predicted octanol–water partition coefficient (Wildman–Crippen LogP) is 4.55. The fraction of sp³-hybridized carbons (Fsp3) is 0.0556. The van der Waals surface area contributed by atoms with Crippen LogP contribution < -0.4 is 4.74 Å². The van der Waals surface area contributed by atoms with E-state index in [0.29, 0.717) is 11.3 Å². The van der Waals surface area contributed by atoms with E-state index in [1.165, 1.54) is 13.2 Å². The molecule has 0 unspecified atom stereocenters. The van der Waals surface area contributed by atoms with Crippen LogP contribution in [-0.4, -0.2) is 12.1 Å². The zero-order valence-electron chi connectivity index (χ0n) is 11.6. The Kier molecular flexibility index (Phi) is 3.65. The van der Waals surface area contributed by atoms with E-state index in [0.717, 1.165) is 16.5 Å². The molecule has 0 aliphatic carbocycles. The Labute approximate surface area is 122 Å². The summed E-state index contributed by atoms with van der Waals surface area (Å²) in [6, 6.07) is 15.0. The predicted molar refractivity (Wildman–Crippen MR) is 83.6 cm³/mol. The molecule has 0 N–H and O–H groups in total. The third-order valence-corrected chi connectivity index (χ3v) is 3.30. The van der Waals surface area contributed by atoms with Gasteiger partial charge >= 0.3 is 0 Å². The first-order valence-electron chi connectivity index (χ1n) is 6.63. The van der Waals surface area contributed by atoms with Crippen molar-refractivity contribution in [1.29, 1.82) is 0 Å². The highest BCUT2D eigenvalue weighted by Gasteiger charge is 2.07. The van der Waals surface area contributed by atoms with Crippen LogP contribution in [0.15, 0.2) is 54.7 Å². The number of hydrogen-bond acceptors (Lipinski definition) is 2. The van der Waals surface area contributed by atoms with Crippen molar-refractivity contribution in [3.63, 3.8) is 0 Å². The third-order valence-electron chi connectivity index (χ3n) is 3.30. The highest BCUT2D eigenvalue weighted by atomic mass is 19.1. The average molecular weight is 279 g/mol. The van der Waals surface area contributed by atoms with Gasteiger partial charge in [-0.2, -0.15) is 0 Å². The van der Waals surface area contributed by atoms with Gasteiger partial charge < -0.3 is 4.74 Å². The zero-order valence-corrected chi connectivity index (χ0v) is 11.6. The summed E-state index contributed by atoms with van der Waals surface area (Å²) in [4.78, 5) is 4.11. The average Bonchev–Trinajstić information content (AvgIpc) is 2.54. The molecule has 0 atom stereocenters. The lowest BCUT2D eigenvalue weighted by Gasteiger charge is -2.06. The Morgan fingerprint density at radius 3 is 2.62 bits per heavy atom. The van der Waals surface area contributed by atoms with Crippen molar-refractivity contribution in [3.8, 4) is 5.75 Å². The van der Waals surface area contributed by atoms with Gasteiger partial charge in [0.05, 0.1) is 7.11 Å². The minimum atomic E-state index is -0.376. The van der Waals surface area contributed by atoms with Crippen molar-refractivity contribution in [2.75, 3.05) is 7.11 Å². The minimum absolute atomic E-state index is 0.353. The van der Waals surface area contributed by atoms with Gasteiger partial charge in [-0.15, -0.1) is 0 Å². The van der Waals surface area contributed by atoms with Crippen LogP contribution in [0.5, 0.6) is 5.75 Å². The summed E-state index contributed by atoms with van der Waals surface area (Å²) < 4.78 is 19.1. The Morgan fingerprint density at radius 2 is 1.86 bits per heavy atom. The molecule has 0 aliphatic heterocycles. The van der Waals surface area contributed by atoms with E-state index in [1.54, 1.807) is 12.3 Å². The van der Waals surface area contributed by atoms with Crippen LogP contribution in [0.1, 0.15) is 11.1 Å². The summed E-state index contributed by atoms with van der Waals surface area (Å²) in [5, 5.41) is 0.738. The molecule has 0 aliphatic rings. The molecule has 104 valence electrons. The van der Waals surface area contributed by atoms with Crippen LogP contribution in [0.4, 0.5) is 4.39 Å². The maximum atomic E-state index is 14.0. The number of methoxy groups -OCH3 is 1. The maximum absolute atomic E-state index is 14.0. The number of ether oxygens (including phenoxy) is 1. The number of pyridine rings is 1. The molecular weight excluding hydrogens is 265 g/mol. The molecule has 0 fully saturated rings. The van der Waals surface area contributed by atoms with Gasteiger partial charge in [-0.05, 0) is 23.3 Å². The van der Waals surface area contributed by atoms with Gasteiger partial charge in [0.15, 0.2) is 5.82 Å². The number of nitrogens with zero attached hydrogens (tertiary/aromatic N) is 1. The van der Waals surface area contributed by atoms with Gasteiger partial charge in [-0.3, -0.25) is 4.98 Å². The Bertz CT molecular complexity index is 797. The Hall–Kier alpha value is -2.68. The first kappa shape index (κ1) is 13.3. The largest absolute Gasteiger partial charge is 0.497 e. The van der Waals surface area contributed by atoms with E-state index >= 15 is 0 Å². The second kappa shape index (κ2) is 5.75. The molecule has 0 radical (unpaired) electrons. The van der Waals surface area contributed by atoms with Crippen LogP contribution in [-0.2, 0) is 0 Å². The number of aromatic nitrogens is 1.